The number of nitrogens with one attached hydrogen (secondary N) is 1. The molecule has 1 aliphatic heterocycles. The molecule has 0 spiro atoms. The minimum atomic E-state index is -0.437. The van der Waals surface area contributed by atoms with Crippen LogP contribution < -0.4 is 14.8 Å². The molecule has 0 saturated heterocycles. The number of benzene rings is 3. The van der Waals surface area contributed by atoms with Crippen LogP contribution in [0.3, 0.4) is 0 Å². The molecule has 3 aromatic carbocycles. The van der Waals surface area contributed by atoms with E-state index in [0.29, 0.717) is 47.5 Å². The van der Waals surface area contributed by atoms with E-state index in [-0.39, 0.29) is 11.6 Å². The van der Waals surface area contributed by atoms with Crippen LogP contribution in [0.1, 0.15) is 10.5 Å². The molecule has 0 bridgehead atoms. The molecule has 1 aliphatic rings. The van der Waals surface area contributed by atoms with Crippen molar-refractivity contribution in [3.63, 3.8) is 0 Å². The zero-order valence-electron chi connectivity index (χ0n) is 18.3. The molecule has 0 aliphatic carbocycles. The fraction of sp³-hybridized carbons (Fsp3) is 0.0769. The molecule has 6 rings (SSSR count). The molecule has 3 heterocycles. The van der Waals surface area contributed by atoms with Crippen molar-refractivity contribution in [2.45, 2.75) is 0 Å². The van der Waals surface area contributed by atoms with Gasteiger partial charge in [-0.15, -0.1) is 0 Å². The lowest BCUT2D eigenvalue weighted by atomic mass is 10.1. The van der Waals surface area contributed by atoms with Crippen LogP contribution >= 0.6 is 0 Å². The van der Waals surface area contributed by atoms with Crippen LogP contribution in [0.4, 0.5) is 5.69 Å². The Morgan fingerprint density at radius 1 is 0.771 bits per heavy atom. The van der Waals surface area contributed by atoms with Gasteiger partial charge >= 0.3 is 0 Å². The van der Waals surface area contributed by atoms with Gasteiger partial charge in [0.05, 0.1) is 11.3 Å². The first kappa shape index (κ1) is 20.7. The first-order chi connectivity index (χ1) is 17.2. The highest BCUT2D eigenvalue weighted by molar-refractivity contribution is 6.05. The number of aromatic nitrogens is 3. The quantitative estimate of drug-likeness (QED) is 0.381. The maximum atomic E-state index is 13.0. The predicted octanol–water partition coefficient (Wildman–Crippen LogP) is 5.08. The number of nitrogens with zero attached hydrogens (tertiary/aromatic N) is 3. The van der Waals surface area contributed by atoms with Gasteiger partial charge in [-0.2, -0.15) is 4.98 Å². The standard InChI is InChI=1S/C26H18N4O5/c31-25(20-15-22(34-29-20)17-10-11-21-23(14-17)33-13-12-32-21)27-19-9-5-4-8-18(19)26-28-24(30-35-26)16-6-2-1-3-7-16/h1-11,14-15H,12-13H2,(H,27,31). The van der Waals surface area contributed by atoms with Gasteiger partial charge in [0.25, 0.3) is 11.8 Å². The van der Waals surface area contributed by atoms with Gasteiger partial charge < -0.3 is 23.8 Å². The molecule has 0 unspecified atom stereocenters. The van der Waals surface area contributed by atoms with Crippen LogP contribution in [0, 0.1) is 0 Å². The van der Waals surface area contributed by atoms with Crippen molar-refractivity contribution in [2.24, 2.45) is 0 Å². The molecule has 5 aromatic rings. The Morgan fingerprint density at radius 2 is 1.57 bits per heavy atom. The largest absolute Gasteiger partial charge is 0.486 e. The number of para-hydroxylation sites is 1. The molecule has 0 fully saturated rings. The van der Waals surface area contributed by atoms with E-state index < -0.39 is 5.91 Å². The number of amides is 1. The average Bonchev–Trinajstić information content (AvgIpc) is 3.60. The third-order valence-corrected chi connectivity index (χ3v) is 5.43. The maximum absolute atomic E-state index is 13.0. The molecule has 1 amide bonds. The van der Waals surface area contributed by atoms with Gasteiger partial charge in [-0.1, -0.05) is 52.8 Å². The van der Waals surface area contributed by atoms with Gasteiger partial charge in [-0.05, 0) is 30.3 Å². The first-order valence-electron chi connectivity index (χ1n) is 10.9. The number of fused-ring (bicyclic) bond motifs is 1. The van der Waals surface area contributed by atoms with Crippen molar-refractivity contribution in [1.29, 1.82) is 0 Å². The van der Waals surface area contributed by atoms with Gasteiger partial charge in [-0.3, -0.25) is 4.79 Å². The summed E-state index contributed by atoms with van der Waals surface area (Å²) >= 11 is 0. The number of carbonyl (C=O) groups excluding carboxylic acids is 1. The Balaban J connectivity index is 1.23. The zero-order chi connectivity index (χ0) is 23.6. The zero-order valence-corrected chi connectivity index (χ0v) is 18.3. The van der Waals surface area contributed by atoms with E-state index >= 15 is 0 Å². The van der Waals surface area contributed by atoms with E-state index in [1.165, 1.54) is 0 Å². The molecule has 9 heteroatoms. The molecule has 1 N–H and O–H groups in total. The van der Waals surface area contributed by atoms with Crippen molar-refractivity contribution >= 4 is 11.6 Å². The van der Waals surface area contributed by atoms with E-state index in [9.17, 15) is 4.79 Å². The second kappa shape index (κ2) is 8.79. The predicted molar refractivity (Wildman–Crippen MR) is 126 cm³/mol. The maximum Gasteiger partial charge on any atom is 0.277 e. The van der Waals surface area contributed by atoms with Crippen molar-refractivity contribution < 1.29 is 23.3 Å². The summed E-state index contributed by atoms with van der Waals surface area (Å²) in [4.78, 5) is 17.4. The number of rotatable bonds is 5. The third kappa shape index (κ3) is 4.10. The highest BCUT2D eigenvalue weighted by atomic mass is 16.6. The van der Waals surface area contributed by atoms with Gasteiger partial charge in [0.2, 0.25) is 5.82 Å². The summed E-state index contributed by atoms with van der Waals surface area (Å²) < 4.78 is 22.1. The summed E-state index contributed by atoms with van der Waals surface area (Å²) in [6, 6.07) is 23.7. The summed E-state index contributed by atoms with van der Waals surface area (Å²) in [6.45, 7) is 0.990. The SMILES string of the molecule is O=C(Nc1ccccc1-c1nc(-c2ccccc2)no1)c1cc(-c2ccc3c(c2)OCCO3)on1. The number of hydrogen-bond donors (Lipinski definition) is 1. The van der Waals surface area contributed by atoms with Crippen LogP contribution in [0.2, 0.25) is 0 Å². The normalized spacial score (nSPS) is 12.3. The Morgan fingerprint density at radius 3 is 2.46 bits per heavy atom. The van der Waals surface area contributed by atoms with Gasteiger partial charge in [0, 0.05) is 17.2 Å². The molecule has 9 nitrogen and oxygen atoms in total. The Labute approximate surface area is 199 Å². The van der Waals surface area contributed by atoms with E-state index in [1.807, 2.05) is 42.5 Å². The fourth-order valence-electron chi connectivity index (χ4n) is 3.72. The second-order valence-corrected chi connectivity index (χ2v) is 7.72. The summed E-state index contributed by atoms with van der Waals surface area (Å²) in [7, 11) is 0. The van der Waals surface area contributed by atoms with Crippen molar-refractivity contribution in [3.8, 4) is 45.7 Å². The van der Waals surface area contributed by atoms with E-state index in [2.05, 4.69) is 20.6 Å². The van der Waals surface area contributed by atoms with Crippen LogP contribution in [0.15, 0.2) is 87.9 Å². The molecule has 172 valence electrons. The topological polar surface area (TPSA) is 113 Å². The van der Waals surface area contributed by atoms with Crippen LogP contribution in [0.5, 0.6) is 11.5 Å². The molecule has 0 saturated carbocycles. The second-order valence-electron chi connectivity index (χ2n) is 7.72. The molecular formula is C26H18N4O5. The average molecular weight is 466 g/mol. The van der Waals surface area contributed by atoms with E-state index in [4.69, 9.17) is 18.5 Å². The third-order valence-electron chi connectivity index (χ3n) is 5.43. The minimum absolute atomic E-state index is 0.125. The summed E-state index contributed by atoms with van der Waals surface area (Å²) in [6.07, 6.45) is 0. The van der Waals surface area contributed by atoms with E-state index in [0.717, 1.165) is 11.1 Å². The number of ether oxygens (including phenoxy) is 2. The Hall–Kier alpha value is -4.92. The fourth-order valence-corrected chi connectivity index (χ4v) is 3.72. The van der Waals surface area contributed by atoms with Gasteiger partial charge in [0.1, 0.15) is 13.2 Å². The lowest BCUT2D eigenvalue weighted by molar-refractivity contribution is 0.101. The van der Waals surface area contributed by atoms with Crippen LogP contribution in [0.25, 0.3) is 34.2 Å². The number of hydrogen-bond acceptors (Lipinski definition) is 8. The summed E-state index contributed by atoms with van der Waals surface area (Å²) in [5, 5.41) is 10.9. The lowest BCUT2D eigenvalue weighted by Gasteiger charge is -2.18. The number of anilines is 1. The van der Waals surface area contributed by atoms with Crippen LogP contribution in [-0.4, -0.2) is 34.4 Å². The van der Waals surface area contributed by atoms with E-state index in [1.54, 1.807) is 36.4 Å². The summed E-state index contributed by atoms with van der Waals surface area (Å²) in [5.74, 6) is 2.04. The smallest absolute Gasteiger partial charge is 0.277 e. The van der Waals surface area contributed by atoms with Gasteiger partial charge in [-0.25, -0.2) is 0 Å². The molecule has 0 radical (unpaired) electrons. The summed E-state index contributed by atoms with van der Waals surface area (Å²) in [5.41, 5.74) is 2.77. The molecule has 2 aromatic heterocycles. The lowest BCUT2D eigenvalue weighted by Crippen LogP contribution is -2.15. The monoisotopic (exact) mass is 466 g/mol. The Bertz CT molecular complexity index is 1510. The first-order valence-corrected chi connectivity index (χ1v) is 10.9. The molecule has 0 atom stereocenters. The molecular weight excluding hydrogens is 448 g/mol. The van der Waals surface area contributed by atoms with Crippen molar-refractivity contribution in [3.05, 3.63) is 84.6 Å². The van der Waals surface area contributed by atoms with Crippen molar-refractivity contribution in [1.82, 2.24) is 15.3 Å². The Kier molecular flexibility index (Phi) is 5.19. The minimum Gasteiger partial charge on any atom is -0.486 e. The highest BCUT2D eigenvalue weighted by Gasteiger charge is 2.20. The van der Waals surface area contributed by atoms with Crippen molar-refractivity contribution in [2.75, 3.05) is 18.5 Å². The molecule has 35 heavy (non-hydrogen) atoms. The van der Waals surface area contributed by atoms with Crippen LogP contribution in [-0.2, 0) is 0 Å². The highest BCUT2D eigenvalue weighted by Crippen LogP contribution is 2.35. The number of carbonyl (C=O) groups is 1. The van der Waals surface area contributed by atoms with Gasteiger partial charge in [0.15, 0.2) is 23.0 Å².